The van der Waals surface area contributed by atoms with Crippen LogP contribution >= 0.6 is 35.7 Å². The van der Waals surface area contributed by atoms with Crippen molar-refractivity contribution in [1.29, 1.82) is 0 Å². The lowest BCUT2D eigenvalue weighted by atomic mass is 10.1. The molecule has 1 atom stereocenters. The number of carbonyl (C=O) groups is 2. The van der Waals surface area contributed by atoms with E-state index in [1.54, 1.807) is 6.08 Å². The summed E-state index contributed by atoms with van der Waals surface area (Å²) in [6, 6.07) is 6.27. The maximum Gasteiger partial charge on any atom is 0.266 e. The topological polar surface area (TPSA) is 69.7 Å². The van der Waals surface area contributed by atoms with E-state index in [0.717, 1.165) is 28.0 Å². The summed E-state index contributed by atoms with van der Waals surface area (Å²) in [5.41, 5.74) is 0.818. The number of benzene rings is 1. The zero-order valence-electron chi connectivity index (χ0n) is 13.9. The third kappa shape index (κ3) is 4.99. The second kappa shape index (κ2) is 9.26. The van der Waals surface area contributed by atoms with Gasteiger partial charge >= 0.3 is 0 Å². The molecule has 0 radical (unpaired) electrons. The molecule has 2 rings (SSSR count). The lowest BCUT2D eigenvalue weighted by molar-refractivity contribution is -0.310. The Balaban J connectivity index is 2.20. The van der Waals surface area contributed by atoms with Gasteiger partial charge in [0.1, 0.15) is 10.1 Å². The fraction of sp³-hybridized carbons (Fsp3) is 0.353. The molecule has 0 aliphatic carbocycles. The SMILES string of the molecule is CCOc1ccc(/C=C2/SC(=S)N([C@H](CCSC)C(=O)[O-])C2=O)cc1. The number of carbonyl (C=O) groups excluding carboxylic acids is 2. The number of nitrogens with zero attached hydrogens (tertiary/aromatic N) is 1. The van der Waals surface area contributed by atoms with Gasteiger partial charge in [-0.15, -0.1) is 0 Å². The highest BCUT2D eigenvalue weighted by Crippen LogP contribution is 2.34. The molecule has 1 saturated heterocycles. The average molecular weight is 397 g/mol. The van der Waals surface area contributed by atoms with Gasteiger partial charge < -0.3 is 14.6 Å². The maximum atomic E-state index is 12.6. The third-order valence-electron chi connectivity index (χ3n) is 3.49. The summed E-state index contributed by atoms with van der Waals surface area (Å²) >= 11 is 7.84. The maximum absolute atomic E-state index is 12.6. The molecule has 25 heavy (non-hydrogen) atoms. The average Bonchev–Trinajstić information content (AvgIpc) is 2.84. The number of hydrogen-bond donors (Lipinski definition) is 0. The highest BCUT2D eigenvalue weighted by molar-refractivity contribution is 8.26. The van der Waals surface area contributed by atoms with Gasteiger partial charge in [-0.1, -0.05) is 36.1 Å². The van der Waals surface area contributed by atoms with E-state index in [4.69, 9.17) is 17.0 Å². The molecule has 1 fully saturated rings. The Kier molecular flexibility index (Phi) is 7.34. The Morgan fingerprint density at radius 2 is 2.12 bits per heavy atom. The first-order chi connectivity index (χ1) is 12.0. The van der Waals surface area contributed by atoms with E-state index in [-0.39, 0.29) is 10.2 Å². The van der Waals surface area contributed by atoms with Crippen LogP contribution in [0.5, 0.6) is 5.75 Å². The first-order valence-corrected chi connectivity index (χ1v) is 10.3. The largest absolute Gasteiger partial charge is 0.548 e. The quantitative estimate of drug-likeness (QED) is 0.493. The minimum atomic E-state index is -1.28. The molecule has 134 valence electrons. The van der Waals surface area contributed by atoms with E-state index >= 15 is 0 Å². The minimum absolute atomic E-state index is 0.248. The highest BCUT2D eigenvalue weighted by Gasteiger charge is 2.37. The smallest absolute Gasteiger partial charge is 0.266 e. The number of ether oxygens (including phenoxy) is 1. The van der Waals surface area contributed by atoms with Gasteiger partial charge in [0.05, 0.1) is 23.5 Å². The highest BCUT2D eigenvalue weighted by atomic mass is 32.2. The second-order valence-corrected chi connectivity index (χ2v) is 7.83. The Morgan fingerprint density at radius 1 is 1.44 bits per heavy atom. The third-order valence-corrected chi connectivity index (χ3v) is 5.47. The molecule has 0 saturated carbocycles. The summed E-state index contributed by atoms with van der Waals surface area (Å²) in [6.07, 6.45) is 3.88. The molecule has 1 aliphatic heterocycles. The van der Waals surface area contributed by atoms with Crippen LogP contribution in [0.2, 0.25) is 0 Å². The summed E-state index contributed by atoms with van der Waals surface area (Å²) in [6.45, 7) is 2.49. The van der Waals surface area contributed by atoms with Crippen LogP contribution < -0.4 is 9.84 Å². The molecule has 0 aromatic heterocycles. The second-order valence-electron chi connectivity index (χ2n) is 5.17. The van der Waals surface area contributed by atoms with Crippen LogP contribution in [-0.4, -0.2) is 45.8 Å². The van der Waals surface area contributed by atoms with Gasteiger partial charge in [0, 0.05) is 0 Å². The monoisotopic (exact) mass is 396 g/mol. The van der Waals surface area contributed by atoms with Crippen molar-refractivity contribution >= 4 is 58.0 Å². The van der Waals surface area contributed by atoms with E-state index < -0.39 is 12.0 Å². The zero-order valence-corrected chi connectivity index (χ0v) is 16.3. The number of thioether (sulfide) groups is 2. The fourth-order valence-corrected chi connectivity index (χ4v) is 4.12. The van der Waals surface area contributed by atoms with E-state index in [0.29, 0.717) is 23.7 Å². The Morgan fingerprint density at radius 3 is 2.68 bits per heavy atom. The summed E-state index contributed by atoms with van der Waals surface area (Å²) in [5.74, 6) is -0.318. The van der Waals surface area contributed by atoms with Crippen molar-refractivity contribution < 1.29 is 19.4 Å². The van der Waals surface area contributed by atoms with Crippen molar-refractivity contribution in [2.45, 2.75) is 19.4 Å². The molecule has 0 bridgehead atoms. The summed E-state index contributed by atoms with van der Waals surface area (Å²) in [5, 5.41) is 11.4. The van der Waals surface area contributed by atoms with Crippen LogP contribution in [0.25, 0.3) is 6.08 Å². The van der Waals surface area contributed by atoms with Crippen molar-refractivity contribution in [3.05, 3.63) is 34.7 Å². The molecule has 0 spiro atoms. The van der Waals surface area contributed by atoms with Crippen molar-refractivity contribution in [3.8, 4) is 5.75 Å². The van der Waals surface area contributed by atoms with Crippen LogP contribution in [-0.2, 0) is 9.59 Å². The molecule has 1 heterocycles. The van der Waals surface area contributed by atoms with Crippen LogP contribution in [0.1, 0.15) is 18.9 Å². The number of hydrogen-bond acceptors (Lipinski definition) is 7. The molecule has 1 aromatic carbocycles. The van der Waals surface area contributed by atoms with Gasteiger partial charge in [-0.2, -0.15) is 11.8 Å². The number of carboxylic acids is 1. The molecule has 0 unspecified atom stereocenters. The van der Waals surface area contributed by atoms with E-state index in [2.05, 4.69) is 0 Å². The number of carboxylic acid groups (broad SMARTS) is 1. The molecule has 1 aliphatic rings. The summed E-state index contributed by atoms with van der Waals surface area (Å²) < 4.78 is 5.63. The molecule has 1 amide bonds. The lowest BCUT2D eigenvalue weighted by Crippen LogP contribution is -2.50. The Bertz CT molecular complexity index is 688. The van der Waals surface area contributed by atoms with Crippen molar-refractivity contribution in [2.24, 2.45) is 0 Å². The standard InChI is InChI=1S/C17H19NO4S3/c1-3-22-12-6-4-11(5-7-12)10-14-15(19)18(17(23)25-14)13(16(20)21)8-9-24-2/h4-7,10,13H,3,8-9H2,1-2H3,(H,20,21)/p-1/b14-10+/t13-/m1/s1. The van der Waals surface area contributed by atoms with Gasteiger partial charge in [0.15, 0.2) is 0 Å². The van der Waals surface area contributed by atoms with Gasteiger partial charge in [-0.25, -0.2) is 0 Å². The van der Waals surface area contributed by atoms with E-state index in [1.165, 1.54) is 11.8 Å². The predicted octanol–water partition coefficient (Wildman–Crippen LogP) is 2.16. The van der Waals surface area contributed by atoms with Crippen LogP contribution in [0.15, 0.2) is 29.2 Å². The number of aliphatic carboxylic acids is 1. The van der Waals surface area contributed by atoms with Gasteiger partial charge in [-0.05, 0) is 49.1 Å². The lowest BCUT2D eigenvalue weighted by Gasteiger charge is -2.27. The first-order valence-electron chi connectivity index (χ1n) is 7.67. The van der Waals surface area contributed by atoms with E-state index in [9.17, 15) is 14.7 Å². The summed E-state index contributed by atoms with van der Waals surface area (Å²) in [4.78, 5) is 25.6. The summed E-state index contributed by atoms with van der Waals surface area (Å²) in [7, 11) is 0. The molecule has 0 N–H and O–H groups in total. The molecular formula is C17H18NO4S3-. The van der Waals surface area contributed by atoms with Crippen molar-refractivity contribution in [1.82, 2.24) is 4.90 Å². The van der Waals surface area contributed by atoms with Crippen LogP contribution in [0.4, 0.5) is 0 Å². The molecule has 1 aromatic rings. The normalized spacial score (nSPS) is 17.2. The zero-order chi connectivity index (χ0) is 18.4. The van der Waals surface area contributed by atoms with Crippen molar-refractivity contribution in [2.75, 3.05) is 18.6 Å². The van der Waals surface area contributed by atoms with Gasteiger partial charge in [-0.3, -0.25) is 9.69 Å². The predicted molar refractivity (Wildman–Crippen MR) is 104 cm³/mol. The van der Waals surface area contributed by atoms with Gasteiger partial charge in [0.25, 0.3) is 5.91 Å². The Hall–Kier alpha value is -1.51. The number of thiocarbonyl (C=S) groups is 1. The molecular weight excluding hydrogens is 378 g/mol. The number of amides is 1. The van der Waals surface area contributed by atoms with Crippen molar-refractivity contribution in [3.63, 3.8) is 0 Å². The number of rotatable bonds is 8. The Labute approximate surface area is 160 Å². The van der Waals surface area contributed by atoms with Crippen LogP contribution in [0, 0.1) is 0 Å². The molecule has 5 nitrogen and oxygen atoms in total. The van der Waals surface area contributed by atoms with Gasteiger partial charge in [0.2, 0.25) is 0 Å². The van der Waals surface area contributed by atoms with E-state index in [1.807, 2.05) is 37.4 Å². The first kappa shape index (κ1) is 19.8. The molecule has 8 heteroatoms. The minimum Gasteiger partial charge on any atom is -0.548 e. The fourth-order valence-electron chi connectivity index (χ4n) is 2.31. The van der Waals surface area contributed by atoms with Crippen LogP contribution in [0.3, 0.4) is 0 Å².